The van der Waals surface area contributed by atoms with E-state index in [1.807, 2.05) is 0 Å². The molecule has 1 saturated carbocycles. The number of hydrogen-bond donors (Lipinski definition) is 1. The Bertz CT molecular complexity index is 272. The van der Waals surface area contributed by atoms with Crippen LogP contribution in [0.25, 0.3) is 0 Å². The average Bonchev–Trinajstić information content (AvgIpc) is 3.03. The Hall–Kier alpha value is -0.820. The van der Waals surface area contributed by atoms with Gasteiger partial charge in [-0.3, -0.25) is 0 Å². The summed E-state index contributed by atoms with van der Waals surface area (Å²) in [5.41, 5.74) is 2.83. The second-order valence-corrected chi connectivity index (χ2v) is 4.24. The highest BCUT2D eigenvalue weighted by Gasteiger charge is 2.19. The molecule has 1 fully saturated rings. The van der Waals surface area contributed by atoms with Crippen LogP contribution in [0.3, 0.4) is 0 Å². The highest BCUT2D eigenvalue weighted by molar-refractivity contribution is 5.22. The monoisotopic (exact) mass is 189 g/mol. The molecule has 0 saturated heterocycles. The fourth-order valence-corrected chi connectivity index (χ4v) is 1.64. The molecule has 2 rings (SSSR count). The molecule has 0 atom stereocenters. The first kappa shape index (κ1) is 9.72. The minimum Gasteiger partial charge on any atom is -0.312 e. The van der Waals surface area contributed by atoms with Crippen LogP contribution in [0.15, 0.2) is 24.3 Å². The Morgan fingerprint density at radius 1 is 1.14 bits per heavy atom. The molecule has 0 spiro atoms. The van der Waals surface area contributed by atoms with E-state index in [2.05, 4.69) is 36.5 Å². The third-order valence-electron chi connectivity index (χ3n) is 2.89. The van der Waals surface area contributed by atoms with Gasteiger partial charge in [0.05, 0.1) is 0 Å². The van der Waals surface area contributed by atoms with E-state index in [0.29, 0.717) is 0 Å². The molecule has 1 nitrogen and oxygen atoms in total. The van der Waals surface area contributed by atoms with Crippen molar-refractivity contribution in [3.63, 3.8) is 0 Å². The molecule has 1 heteroatoms. The lowest BCUT2D eigenvalue weighted by atomic mass is 10.1. The Labute approximate surface area is 86.5 Å². The van der Waals surface area contributed by atoms with E-state index in [0.717, 1.165) is 18.9 Å². The number of benzene rings is 1. The van der Waals surface area contributed by atoms with Crippen LogP contribution in [-0.2, 0) is 13.0 Å². The summed E-state index contributed by atoms with van der Waals surface area (Å²) in [6.07, 6.45) is 4.00. The molecule has 0 aliphatic heterocycles. The van der Waals surface area contributed by atoms with Gasteiger partial charge in [-0.05, 0) is 42.9 Å². The van der Waals surface area contributed by atoms with Gasteiger partial charge in [-0.1, -0.05) is 31.2 Å². The van der Waals surface area contributed by atoms with Crippen molar-refractivity contribution in [2.24, 2.45) is 5.92 Å². The smallest absolute Gasteiger partial charge is 0.0205 e. The first-order valence-corrected chi connectivity index (χ1v) is 5.67. The zero-order valence-electron chi connectivity index (χ0n) is 8.92. The summed E-state index contributed by atoms with van der Waals surface area (Å²) >= 11 is 0. The molecule has 14 heavy (non-hydrogen) atoms. The molecule has 0 radical (unpaired) electrons. The highest BCUT2D eigenvalue weighted by Crippen LogP contribution is 2.27. The van der Waals surface area contributed by atoms with Gasteiger partial charge in [0.2, 0.25) is 0 Å². The Morgan fingerprint density at radius 2 is 1.79 bits per heavy atom. The van der Waals surface area contributed by atoms with Crippen molar-refractivity contribution < 1.29 is 0 Å². The lowest BCUT2D eigenvalue weighted by Gasteiger charge is -2.04. The Balaban J connectivity index is 1.77. The van der Waals surface area contributed by atoms with E-state index in [1.54, 1.807) is 0 Å². The zero-order valence-corrected chi connectivity index (χ0v) is 8.92. The summed E-state index contributed by atoms with van der Waals surface area (Å²) in [6.45, 7) is 4.43. The van der Waals surface area contributed by atoms with Crippen molar-refractivity contribution >= 4 is 0 Å². The fourth-order valence-electron chi connectivity index (χ4n) is 1.64. The molecule has 1 aromatic rings. The summed E-state index contributed by atoms with van der Waals surface area (Å²) < 4.78 is 0. The minimum absolute atomic E-state index is 0.977. The van der Waals surface area contributed by atoms with Crippen LogP contribution in [0.5, 0.6) is 0 Å². The molecule has 0 bridgehead atoms. The average molecular weight is 189 g/mol. The molecule has 1 aliphatic carbocycles. The van der Waals surface area contributed by atoms with Crippen LogP contribution in [0.4, 0.5) is 0 Å². The third kappa shape index (κ3) is 2.85. The molecule has 0 unspecified atom stereocenters. The lowest BCUT2D eigenvalue weighted by Crippen LogP contribution is -2.15. The molecule has 0 aromatic heterocycles. The van der Waals surface area contributed by atoms with Gasteiger partial charge in [0, 0.05) is 6.54 Å². The quantitative estimate of drug-likeness (QED) is 0.751. The van der Waals surface area contributed by atoms with Gasteiger partial charge in [-0.25, -0.2) is 0 Å². The van der Waals surface area contributed by atoms with Gasteiger partial charge < -0.3 is 5.32 Å². The van der Waals surface area contributed by atoms with E-state index in [1.165, 1.54) is 30.5 Å². The van der Waals surface area contributed by atoms with Crippen molar-refractivity contribution in [2.75, 3.05) is 6.54 Å². The predicted molar refractivity (Wildman–Crippen MR) is 60.3 cm³/mol. The molecule has 1 aliphatic rings. The number of nitrogens with one attached hydrogen (secondary N) is 1. The maximum absolute atomic E-state index is 3.50. The van der Waals surface area contributed by atoms with Gasteiger partial charge >= 0.3 is 0 Å². The first-order chi connectivity index (χ1) is 6.88. The maximum atomic E-state index is 3.50. The summed E-state index contributed by atoms with van der Waals surface area (Å²) in [5.74, 6) is 0.977. The van der Waals surface area contributed by atoms with Crippen molar-refractivity contribution in [2.45, 2.75) is 32.7 Å². The van der Waals surface area contributed by atoms with E-state index < -0.39 is 0 Å². The van der Waals surface area contributed by atoms with Gasteiger partial charge in [0.15, 0.2) is 0 Å². The summed E-state index contributed by atoms with van der Waals surface area (Å²) in [6, 6.07) is 8.93. The van der Waals surface area contributed by atoms with Crippen molar-refractivity contribution in [3.05, 3.63) is 35.4 Å². The van der Waals surface area contributed by atoms with Crippen LogP contribution < -0.4 is 5.32 Å². The molecule has 1 N–H and O–H groups in total. The number of aryl methyl sites for hydroxylation is 1. The normalized spacial score (nSPS) is 15.8. The topological polar surface area (TPSA) is 12.0 Å². The highest BCUT2D eigenvalue weighted by atomic mass is 14.9. The standard InChI is InChI=1S/C13H19N/c1-2-11-3-5-12(6-4-11)9-14-10-13-7-8-13/h3-6,13-14H,2,7-10H2,1H3. The summed E-state index contributed by atoms with van der Waals surface area (Å²) in [5, 5.41) is 3.50. The second-order valence-electron chi connectivity index (χ2n) is 4.24. The van der Waals surface area contributed by atoms with E-state index in [4.69, 9.17) is 0 Å². The van der Waals surface area contributed by atoms with Gasteiger partial charge in [-0.2, -0.15) is 0 Å². The number of hydrogen-bond acceptors (Lipinski definition) is 1. The van der Waals surface area contributed by atoms with E-state index >= 15 is 0 Å². The van der Waals surface area contributed by atoms with E-state index in [-0.39, 0.29) is 0 Å². The fraction of sp³-hybridized carbons (Fsp3) is 0.538. The molecular weight excluding hydrogens is 170 g/mol. The summed E-state index contributed by atoms with van der Waals surface area (Å²) in [4.78, 5) is 0. The lowest BCUT2D eigenvalue weighted by molar-refractivity contribution is 0.638. The van der Waals surface area contributed by atoms with Crippen molar-refractivity contribution in [1.82, 2.24) is 5.32 Å². The maximum Gasteiger partial charge on any atom is 0.0205 e. The largest absolute Gasteiger partial charge is 0.312 e. The first-order valence-electron chi connectivity index (χ1n) is 5.67. The van der Waals surface area contributed by atoms with E-state index in [9.17, 15) is 0 Å². The summed E-state index contributed by atoms with van der Waals surface area (Å²) in [7, 11) is 0. The van der Waals surface area contributed by atoms with Crippen LogP contribution in [0.2, 0.25) is 0 Å². The Morgan fingerprint density at radius 3 is 2.36 bits per heavy atom. The predicted octanol–water partition coefficient (Wildman–Crippen LogP) is 2.75. The molecule has 0 amide bonds. The minimum atomic E-state index is 0.977. The molecular formula is C13H19N. The van der Waals surface area contributed by atoms with Crippen molar-refractivity contribution in [1.29, 1.82) is 0 Å². The van der Waals surface area contributed by atoms with Crippen LogP contribution >= 0.6 is 0 Å². The van der Waals surface area contributed by atoms with Crippen LogP contribution in [-0.4, -0.2) is 6.54 Å². The molecule has 0 heterocycles. The van der Waals surface area contributed by atoms with Crippen molar-refractivity contribution in [3.8, 4) is 0 Å². The van der Waals surface area contributed by atoms with Gasteiger partial charge in [0.25, 0.3) is 0 Å². The number of rotatable bonds is 5. The SMILES string of the molecule is CCc1ccc(CNCC2CC2)cc1. The molecule has 76 valence electrons. The van der Waals surface area contributed by atoms with Gasteiger partial charge in [0.1, 0.15) is 0 Å². The Kier molecular flexibility index (Phi) is 3.20. The third-order valence-corrected chi connectivity index (χ3v) is 2.89. The molecule has 1 aromatic carbocycles. The van der Waals surface area contributed by atoms with Gasteiger partial charge in [-0.15, -0.1) is 0 Å². The zero-order chi connectivity index (χ0) is 9.80. The second kappa shape index (κ2) is 4.61. The van der Waals surface area contributed by atoms with Crippen LogP contribution in [0, 0.1) is 5.92 Å². The van der Waals surface area contributed by atoms with Crippen LogP contribution in [0.1, 0.15) is 30.9 Å².